The van der Waals surface area contributed by atoms with E-state index in [1.807, 2.05) is 18.2 Å². The van der Waals surface area contributed by atoms with Crippen molar-refractivity contribution in [3.8, 4) is 11.1 Å². The summed E-state index contributed by atoms with van der Waals surface area (Å²) >= 11 is 7.02. The molecule has 2 aliphatic carbocycles. The summed E-state index contributed by atoms with van der Waals surface area (Å²) in [5.74, 6) is 0. The lowest BCUT2D eigenvalue weighted by molar-refractivity contribution is 1.79. The molecule has 0 amide bonds. The molecule has 0 N–H and O–H groups in total. The van der Waals surface area contributed by atoms with E-state index >= 15 is 0 Å². The largest absolute Gasteiger partial charge is 0.0622 e. The summed E-state index contributed by atoms with van der Waals surface area (Å²) in [5.41, 5.74) is 2.48. The highest BCUT2D eigenvalue weighted by Crippen LogP contribution is 2.38. The fourth-order valence-corrected chi connectivity index (χ4v) is 2.69. The molecular formula is C10H6Br2. The lowest BCUT2D eigenvalue weighted by Gasteiger charge is -1.92. The van der Waals surface area contributed by atoms with Gasteiger partial charge in [-0.3, -0.25) is 0 Å². The first-order valence-electron chi connectivity index (χ1n) is 3.62. The van der Waals surface area contributed by atoms with E-state index in [2.05, 4.69) is 50.1 Å². The van der Waals surface area contributed by atoms with E-state index in [1.54, 1.807) is 0 Å². The van der Waals surface area contributed by atoms with Gasteiger partial charge in [0.05, 0.1) is 0 Å². The van der Waals surface area contributed by atoms with Crippen LogP contribution in [0.3, 0.4) is 0 Å². The highest BCUT2D eigenvalue weighted by molar-refractivity contribution is 9.11. The highest BCUT2D eigenvalue weighted by Gasteiger charge is 2.09. The summed E-state index contributed by atoms with van der Waals surface area (Å²) in [6, 6.07) is 12.4. The average Bonchev–Trinajstić information content (AvgIpc) is 2.29. The molecule has 2 aliphatic rings. The normalized spacial score (nSPS) is 10.5. The molecule has 0 bridgehead atoms. The van der Waals surface area contributed by atoms with Gasteiger partial charge in [0, 0.05) is 8.95 Å². The van der Waals surface area contributed by atoms with Gasteiger partial charge in [0.15, 0.2) is 0 Å². The van der Waals surface area contributed by atoms with Crippen LogP contribution in [0.5, 0.6) is 0 Å². The smallest absolute Gasteiger partial charge is 0.0265 e. The first-order chi connectivity index (χ1) is 5.79. The van der Waals surface area contributed by atoms with Crippen LogP contribution < -0.4 is 0 Å². The van der Waals surface area contributed by atoms with Crippen molar-refractivity contribution < 1.29 is 0 Å². The summed E-state index contributed by atoms with van der Waals surface area (Å²) in [7, 11) is 0. The van der Waals surface area contributed by atoms with E-state index in [0.29, 0.717) is 0 Å². The van der Waals surface area contributed by atoms with Crippen molar-refractivity contribution in [3.05, 3.63) is 45.3 Å². The van der Waals surface area contributed by atoms with E-state index in [9.17, 15) is 0 Å². The van der Waals surface area contributed by atoms with Gasteiger partial charge in [-0.05, 0) is 17.2 Å². The third kappa shape index (κ3) is 1.29. The minimum atomic E-state index is 1.14. The molecule has 0 aromatic rings. The third-order valence-corrected chi connectivity index (χ3v) is 3.12. The zero-order chi connectivity index (χ0) is 8.55. The average molecular weight is 286 g/mol. The molecule has 0 aliphatic heterocycles. The van der Waals surface area contributed by atoms with Crippen LogP contribution in [0.25, 0.3) is 11.1 Å². The Bertz CT molecular complexity index is 348. The number of fused-ring (bicyclic) bond motifs is 1. The maximum atomic E-state index is 3.51. The predicted molar refractivity (Wildman–Crippen MR) is 58.5 cm³/mol. The van der Waals surface area contributed by atoms with Gasteiger partial charge in [0.2, 0.25) is 0 Å². The van der Waals surface area contributed by atoms with Crippen molar-refractivity contribution >= 4 is 31.9 Å². The molecule has 0 unspecified atom stereocenters. The zero-order valence-electron chi connectivity index (χ0n) is 6.22. The van der Waals surface area contributed by atoms with Gasteiger partial charge in [0.1, 0.15) is 0 Å². The Kier molecular flexibility index (Phi) is 2.20. The number of hydrogen-bond donors (Lipinski definition) is 0. The molecule has 12 heavy (non-hydrogen) atoms. The summed E-state index contributed by atoms with van der Waals surface area (Å²) < 4.78 is 2.28. The maximum Gasteiger partial charge on any atom is 0.0265 e. The quantitative estimate of drug-likeness (QED) is 0.676. The summed E-state index contributed by atoms with van der Waals surface area (Å²) in [5, 5.41) is 0. The van der Waals surface area contributed by atoms with Crippen molar-refractivity contribution in [2.45, 2.75) is 0 Å². The Labute approximate surface area is 88.2 Å². The Morgan fingerprint density at radius 1 is 0.750 bits per heavy atom. The Hall–Kier alpha value is -0.340. The molecule has 0 aromatic carbocycles. The van der Waals surface area contributed by atoms with E-state index in [0.717, 1.165) is 8.95 Å². The minimum absolute atomic E-state index is 1.14. The molecule has 2 heteroatoms. The van der Waals surface area contributed by atoms with Crippen LogP contribution in [0.4, 0.5) is 0 Å². The molecule has 0 saturated carbocycles. The van der Waals surface area contributed by atoms with Gasteiger partial charge < -0.3 is 0 Å². The Morgan fingerprint density at radius 3 is 1.75 bits per heavy atom. The van der Waals surface area contributed by atoms with E-state index in [4.69, 9.17) is 0 Å². The predicted octanol–water partition coefficient (Wildman–Crippen LogP) is 4.32. The van der Waals surface area contributed by atoms with Crippen LogP contribution in [0.1, 0.15) is 0 Å². The fraction of sp³-hybridized carbons (Fsp3) is 0. The maximum absolute atomic E-state index is 3.51. The molecular weight excluding hydrogens is 280 g/mol. The Morgan fingerprint density at radius 2 is 1.25 bits per heavy atom. The molecule has 0 saturated heterocycles. The summed E-state index contributed by atoms with van der Waals surface area (Å²) in [6.07, 6.45) is 0. The molecule has 0 radical (unpaired) electrons. The molecule has 2 rings (SSSR count). The number of rotatable bonds is 0. The Balaban J connectivity index is 2.79. The highest BCUT2D eigenvalue weighted by atomic mass is 79.9. The molecule has 0 spiro atoms. The molecule has 0 atom stereocenters. The molecule has 60 valence electrons. The van der Waals surface area contributed by atoms with Gasteiger partial charge in [-0.25, -0.2) is 0 Å². The van der Waals surface area contributed by atoms with E-state index in [1.165, 1.54) is 11.1 Å². The third-order valence-electron chi connectivity index (χ3n) is 1.81. The van der Waals surface area contributed by atoms with Gasteiger partial charge in [-0.2, -0.15) is 0 Å². The number of halogens is 2. The van der Waals surface area contributed by atoms with Gasteiger partial charge in [-0.1, -0.05) is 62.2 Å². The first kappa shape index (κ1) is 8.27. The summed E-state index contributed by atoms with van der Waals surface area (Å²) in [4.78, 5) is 0. The van der Waals surface area contributed by atoms with Crippen molar-refractivity contribution in [1.29, 1.82) is 0 Å². The van der Waals surface area contributed by atoms with Crippen LogP contribution in [0.2, 0.25) is 0 Å². The zero-order valence-corrected chi connectivity index (χ0v) is 9.39. The second-order valence-corrected chi connectivity index (χ2v) is 4.29. The first-order valence-corrected chi connectivity index (χ1v) is 5.20. The fourth-order valence-electron chi connectivity index (χ4n) is 1.23. The second-order valence-electron chi connectivity index (χ2n) is 2.58. The number of hydrogen-bond acceptors (Lipinski definition) is 0. The standard InChI is InChI=1S/C10H6Br2/c11-9-6-10(12)8-5-3-1-2-4-7(8)9/h1-6H. The van der Waals surface area contributed by atoms with Gasteiger partial charge in [0.25, 0.3) is 0 Å². The van der Waals surface area contributed by atoms with Crippen molar-refractivity contribution in [1.82, 2.24) is 0 Å². The van der Waals surface area contributed by atoms with E-state index in [-0.39, 0.29) is 0 Å². The van der Waals surface area contributed by atoms with Crippen LogP contribution in [0, 0.1) is 0 Å². The van der Waals surface area contributed by atoms with Crippen molar-refractivity contribution in [2.24, 2.45) is 0 Å². The van der Waals surface area contributed by atoms with Crippen LogP contribution >= 0.6 is 31.9 Å². The van der Waals surface area contributed by atoms with Crippen LogP contribution in [-0.4, -0.2) is 0 Å². The van der Waals surface area contributed by atoms with Gasteiger partial charge >= 0.3 is 0 Å². The van der Waals surface area contributed by atoms with E-state index < -0.39 is 0 Å². The molecule has 0 nitrogen and oxygen atoms in total. The van der Waals surface area contributed by atoms with Crippen molar-refractivity contribution in [2.75, 3.05) is 0 Å². The SMILES string of the molecule is Brc1cc(Br)c2cccccc1-2. The van der Waals surface area contributed by atoms with Crippen LogP contribution in [-0.2, 0) is 0 Å². The molecule has 0 aromatic heterocycles. The topological polar surface area (TPSA) is 0 Å². The second kappa shape index (κ2) is 3.19. The monoisotopic (exact) mass is 284 g/mol. The summed E-state index contributed by atoms with van der Waals surface area (Å²) in [6.45, 7) is 0. The van der Waals surface area contributed by atoms with Crippen molar-refractivity contribution in [3.63, 3.8) is 0 Å². The molecule has 0 heterocycles. The lowest BCUT2D eigenvalue weighted by Crippen LogP contribution is -1.65. The van der Waals surface area contributed by atoms with Gasteiger partial charge in [-0.15, -0.1) is 0 Å². The minimum Gasteiger partial charge on any atom is -0.0622 e. The molecule has 0 fully saturated rings. The van der Waals surface area contributed by atoms with Crippen LogP contribution in [0.15, 0.2) is 45.3 Å². The lowest BCUT2D eigenvalue weighted by atomic mass is 10.2.